The fourth-order valence-electron chi connectivity index (χ4n) is 2.17. The van der Waals surface area contributed by atoms with Crippen molar-refractivity contribution in [2.24, 2.45) is 0 Å². The van der Waals surface area contributed by atoms with E-state index in [2.05, 4.69) is 9.47 Å². The van der Waals surface area contributed by atoms with Gasteiger partial charge in [-0.1, -0.05) is 6.07 Å². The van der Waals surface area contributed by atoms with Crippen LogP contribution in [0.1, 0.15) is 37.7 Å². The van der Waals surface area contributed by atoms with Gasteiger partial charge in [-0.05, 0) is 43.4 Å². The Balaban J connectivity index is 2.39. The predicted molar refractivity (Wildman–Crippen MR) is 89.3 cm³/mol. The zero-order valence-corrected chi connectivity index (χ0v) is 14.6. The molecule has 0 fully saturated rings. The summed E-state index contributed by atoms with van der Waals surface area (Å²) in [6.45, 7) is 0.555. The van der Waals surface area contributed by atoms with Crippen LogP contribution < -0.4 is 9.47 Å². The van der Waals surface area contributed by atoms with Crippen molar-refractivity contribution >= 4 is 11.9 Å². The molecule has 0 aliphatic rings. The third-order valence-electron chi connectivity index (χ3n) is 3.58. The summed E-state index contributed by atoms with van der Waals surface area (Å²) >= 11 is 0. The van der Waals surface area contributed by atoms with Gasteiger partial charge in [0.2, 0.25) is 0 Å². The summed E-state index contributed by atoms with van der Waals surface area (Å²) in [5.74, 6) is 0.903. The van der Waals surface area contributed by atoms with E-state index in [1.165, 1.54) is 14.2 Å². The Morgan fingerprint density at radius 1 is 0.875 bits per heavy atom. The second-order valence-electron chi connectivity index (χ2n) is 5.30. The molecule has 0 aromatic heterocycles. The molecule has 0 radical (unpaired) electrons. The second kappa shape index (κ2) is 11.3. The molecule has 0 heterocycles. The fraction of sp³-hybridized carbons (Fsp3) is 0.556. The van der Waals surface area contributed by atoms with Gasteiger partial charge in [0, 0.05) is 12.8 Å². The van der Waals surface area contributed by atoms with E-state index in [1.54, 1.807) is 7.11 Å². The van der Waals surface area contributed by atoms with Gasteiger partial charge in [0.1, 0.15) is 0 Å². The van der Waals surface area contributed by atoms with Crippen molar-refractivity contribution in [3.05, 3.63) is 23.8 Å². The van der Waals surface area contributed by atoms with Crippen LogP contribution in [0.25, 0.3) is 0 Å². The van der Waals surface area contributed by atoms with Crippen molar-refractivity contribution in [3.63, 3.8) is 0 Å². The topological polar surface area (TPSA) is 71.1 Å². The van der Waals surface area contributed by atoms with Crippen molar-refractivity contribution in [2.45, 2.75) is 38.5 Å². The highest BCUT2D eigenvalue weighted by Gasteiger charge is 2.08. The minimum atomic E-state index is -0.235. The average molecular weight is 338 g/mol. The normalized spacial score (nSPS) is 10.1. The van der Waals surface area contributed by atoms with Gasteiger partial charge in [-0.2, -0.15) is 0 Å². The summed E-state index contributed by atoms with van der Waals surface area (Å²) < 4.78 is 20.3. The lowest BCUT2D eigenvalue weighted by atomic mass is 10.1. The van der Waals surface area contributed by atoms with Crippen molar-refractivity contribution < 1.29 is 28.5 Å². The van der Waals surface area contributed by atoms with Gasteiger partial charge in [0.05, 0.1) is 27.9 Å². The Hall–Kier alpha value is -2.24. The molecule has 0 aliphatic heterocycles. The zero-order valence-electron chi connectivity index (χ0n) is 14.6. The van der Waals surface area contributed by atoms with Crippen LogP contribution >= 0.6 is 0 Å². The maximum Gasteiger partial charge on any atom is 0.305 e. The highest BCUT2D eigenvalue weighted by atomic mass is 16.5. The molecule has 24 heavy (non-hydrogen) atoms. The fourth-order valence-corrected chi connectivity index (χ4v) is 2.17. The summed E-state index contributed by atoms with van der Waals surface area (Å²) in [5, 5.41) is 0. The van der Waals surface area contributed by atoms with E-state index in [-0.39, 0.29) is 11.9 Å². The minimum Gasteiger partial charge on any atom is -0.493 e. The average Bonchev–Trinajstić information content (AvgIpc) is 2.62. The summed E-state index contributed by atoms with van der Waals surface area (Å²) in [6.07, 6.45) is 3.91. The summed E-state index contributed by atoms with van der Waals surface area (Å²) in [6, 6.07) is 5.63. The number of carbonyl (C=O) groups excluding carboxylic acids is 2. The van der Waals surface area contributed by atoms with Crippen LogP contribution in [0.5, 0.6) is 11.5 Å². The molecule has 1 aromatic carbocycles. The van der Waals surface area contributed by atoms with Gasteiger partial charge in [0.15, 0.2) is 11.5 Å². The first-order chi connectivity index (χ1) is 11.6. The molecule has 0 bridgehead atoms. The Bertz CT molecular complexity index is 526. The Morgan fingerprint density at radius 3 is 2.25 bits per heavy atom. The Morgan fingerprint density at radius 2 is 1.58 bits per heavy atom. The van der Waals surface area contributed by atoms with Gasteiger partial charge in [-0.15, -0.1) is 0 Å². The molecular weight excluding hydrogens is 312 g/mol. The quantitative estimate of drug-likeness (QED) is 0.456. The highest BCUT2D eigenvalue weighted by molar-refractivity contribution is 5.69. The molecule has 0 aliphatic carbocycles. The van der Waals surface area contributed by atoms with Crippen molar-refractivity contribution in [1.29, 1.82) is 0 Å². The number of rotatable bonds is 11. The van der Waals surface area contributed by atoms with Gasteiger partial charge < -0.3 is 18.9 Å². The maximum absolute atomic E-state index is 11.2. The zero-order chi connectivity index (χ0) is 17.8. The molecule has 0 N–H and O–H groups in total. The van der Waals surface area contributed by atoms with Gasteiger partial charge in [-0.25, -0.2) is 0 Å². The monoisotopic (exact) mass is 338 g/mol. The number of carbonyl (C=O) groups is 2. The summed E-state index contributed by atoms with van der Waals surface area (Å²) in [7, 11) is 4.36. The summed E-state index contributed by atoms with van der Waals surface area (Å²) in [4.78, 5) is 22.2. The smallest absolute Gasteiger partial charge is 0.305 e. The highest BCUT2D eigenvalue weighted by Crippen LogP contribution is 2.28. The predicted octanol–water partition coefficient (Wildman–Crippen LogP) is 2.91. The maximum atomic E-state index is 11.2. The van der Waals surface area contributed by atoms with E-state index in [0.717, 1.165) is 24.8 Å². The third-order valence-corrected chi connectivity index (χ3v) is 3.58. The van der Waals surface area contributed by atoms with Crippen LogP contribution in [0, 0.1) is 0 Å². The van der Waals surface area contributed by atoms with Crippen LogP contribution in [-0.2, 0) is 25.5 Å². The van der Waals surface area contributed by atoms with Gasteiger partial charge >= 0.3 is 11.9 Å². The second-order valence-corrected chi connectivity index (χ2v) is 5.30. The molecule has 0 saturated heterocycles. The molecule has 0 unspecified atom stereocenters. The number of benzene rings is 1. The lowest BCUT2D eigenvalue weighted by molar-refractivity contribution is -0.141. The van der Waals surface area contributed by atoms with Gasteiger partial charge in [-0.3, -0.25) is 9.59 Å². The molecule has 6 heteroatoms. The largest absolute Gasteiger partial charge is 0.493 e. The molecule has 134 valence electrons. The van der Waals surface area contributed by atoms with Crippen molar-refractivity contribution in [2.75, 3.05) is 27.9 Å². The Kier molecular flexibility index (Phi) is 9.34. The lowest BCUT2D eigenvalue weighted by Crippen LogP contribution is -2.03. The third kappa shape index (κ3) is 7.35. The van der Waals surface area contributed by atoms with E-state index < -0.39 is 0 Å². The number of methoxy groups -OCH3 is 3. The molecule has 0 amide bonds. The number of ether oxygens (including phenoxy) is 4. The number of esters is 2. The molecule has 1 aromatic rings. The van der Waals surface area contributed by atoms with Crippen LogP contribution in [0.2, 0.25) is 0 Å². The first-order valence-corrected chi connectivity index (χ1v) is 8.04. The summed E-state index contributed by atoms with van der Waals surface area (Å²) in [5.41, 5.74) is 0.989. The molecule has 0 saturated carbocycles. The van der Waals surface area contributed by atoms with Crippen LogP contribution in [-0.4, -0.2) is 39.9 Å². The number of aryl methyl sites for hydroxylation is 1. The first-order valence-electron chi connectivity index (χ1n) is 8.04. The first kappa shape index (κ1) is 19.8. The molecule has 0 spiro atoms. The van der Waals surface area contributed by atoms with Crippen molar-refractivity contribution in [1.82, 2.24) is 0 Å². The van der Waals surface area contributed by atoms with Crippen LogP contribution in [0.15, 0.2) is 18.2 Å². The van der Waals surface area contributed by atoms with Crippen LogP contribution in [0.3, 0.4) is 0 Å². The van der Waals surface area contributed by atoms with Gasteiger partial charge in [0.25, 0.3) is 0 Å². The molecular formula is C18H26O6. The molecule has 6 nitrogen and oxygen atoms in total. The van der Waals surface area contributed by atoms with E-state index in [4.69, 9.17) is 9.47 Å². The van der Waals surface area contributed by atoms with E-state index in [9.17, 15) is 9.59 Å². The number of hydrogen-bond acceptors (Lipinski definition) is 6. The minimum absolute atomic E-state index is 0.180. The Labute approximate surface area is 143 Å². The molecule has 0 atom stereocenters. The van der Waals surface area contributed by atoms with E-state index >= 15 is 0 Å². The lowest BCUT2D eigenvalue weighted by Gasteiger charge is -2.12. The van der Waals surface area contributed by atoms with E-state index in [0.29, 0.717) is 37.4 Å². The van der Waals surface area contributed by atoms with Crippen LogP contribution in [0.4, 0.5) is 0 Å². The number of hydrogen-bond donors (Lipinski definition) is 0. The molecule has 1 rings (SSSR count). The number of unbranched alkanes of at least 4 members (excludes halogenated alkanes) is 2. The van der Waals surface area contributed by atoms with Crippen molar-refractivity contribution in [3.8, 4) is 11.5 Å². The standard InChI is InChI=1S/C18H26O6/c1-21-16-13-14(9-11-18(20)23-3)8-10-15(16)24-12-6-4-5-7-17(19)22-2/h8,10,13H,4-7,9,11-12H2,1-3H3. The SMILES string of the molecule is COC(=O)CCCCCOc1ccc(CCC(=O)OC)cc1OC. The van der Waals surface area contributed by atoms with E-state index in [1.807, 2.05) is 18.2 Å².